The first-order valence-corrected chi connectivity index (χ1v) is 8.05. The Labute approximate surface area is 129 Å². The lowest BCUT2D eigenvalue weighted by atomic mass is 10.0. The number of hydrogen-bond donors (Lipinski definition) is 2. The van der Waals surface area contributed by atoms with Crippen molar-refractivity contribution in [2.45, 2.75) is 12.5 Å². The van der Waals surface area contributed by atoms with E-state index in [4.69, 9.17) is 10.8 Å². The molecule has 0 amide bonds. The molecule has 1 aromatic rings. The van der Waals surface area contributed by atoms with Crippen LogP contribution in [0.2, 0.25) is 0 Å². The maximum atomic E-state index is 8.94. The normalized spacial score (nSPS) is 19.1. The highest BCUT2D eigenvalue weighted by atomic mass is 79.9. The van der Waals surface area contributed by atoms with Gasteiger partial charge in [0.25, 0.3) is 0 Å². The van der Waals surface area contributed by atoms with Crippen molar-refractivity contribution < 1.29 is 5.11 Å². The van der Waals surface area contributed by atoms with E-state index in [1.165, 1.54) is 5.56 Å². The Morgan fingerprint density at radius 1 is 1.10 bits per heavy atom. The Hall–Kier alpha value is -0.460. The molecular weight excluding hydrogens is 318 g/mol. The zero-order valence-corrected chi connectivity index (χ0v) is 13.4. The lowest BCUT2D eigenvalue weighted by Crippen LogP contribution is -2.47. The molecule has 20 heavy (non-hydrogen) atoms. The van der Waals surface area contributed by atoms with Gasteiger partial charge in [-0.2, -0.15) is 0 Å². The van der Waals surface area contributed by atoms with Crippen molar-refractivity contribution in [3.8, 4) is 0 Å². The van der Waals surface area contributed by atoms with Crippen LogP contribution in [-0.2, 0) is 0 Å². The third-order valence-electron chi connectivity index (χ3n) is 3.94. The van der Waals surface area contributed by atoms with Crippen molar-refractivity contribution in [2.24, 2.45) is 5.73 Å². The van der Waals surface area contributed by atoms with Crippen molar-refractivity contribution in [1.29, 1.82) is 0 Å². The molecule has 0 aliphatic carbocycles. The minimum absolute atomic E-state index is 0.0843. The standard InChI is InChI=1S/C15H24BrN3O/c16-14-4-2-1-3-13(14)15(17)5-6-18-7-9-19(10-8-18)11-12-20/h1-4,15,20H,5-12,17H2. The number of nitrogens with zero attached hydrogens (tertiary/aromatic N) is 2. The smallest absolute Gasteiger partial charge is 0.0558 e. The zero-order valence-electron chi connectivity index (χ0n) is 11.8. The van der Waals surface area contributed by atoms with E-state index in [0.717, 1.165) is 50.2 Å². The molecule has 1 aromatic carbocycles. The van der Waals surface area contributed by atoms with Crippen LogP contribution in [0, 0.1) is 0 Å². The molecule has 1 saturated heterocycles. The summed E-state index contributed by atoms with van der Waals surface area (Å²) in [6, 6.07) is 8.27. The first-order chi connectivity index (χ1) is 9.70. The Bertz CT molecular complexity index is 408. The van der Waals surface area contributed by atoms with E-state index in [-0.39, 0.29) is 12.6 Å². The molecule has 4 nitrogen and oxygen atoms in total. The van der Waals surface area contributed by atoms with Gasteiger partial charge in [-0.05, 0) is 18.1 Å². The molecule has 0 aromatic heterocycles. The summed E-state index contributed by atoms with van der Waals surface area (Å²) in [6.07, 6.45) is 0.975. The molecule has 5 heteroatoms. The van der Waals surface area contributed by atoms with E-state index in [0.29, 0.717) is 0 Å². The Balaban J connectivity index is 1.75. The second-order valence-corrected chi connectivity index (χ2v) is 6.18. The van der Waals surface area contributed by atoms with Gasteiger partial charge in [-0.1, -0.05) is 34.1 Å². The van der Waals surface area contributed by atoms with E-state index in [1.807, 2.05) is 18.2 Å². The van der Waals surface area contributed by atoms with Gasteiger partial charge in [0.2, 0.25) is 0 Å². The van der Waals surface area contributed by atoms with Gasteiger partial charge in [0.05, 0.1) is 6.61 Å². The minimum atomic E-state index is 0.0843. The number of aliphatic hydroxyl groups excluding tert-OH is 1. The summed E-state index contributed by atoms with van der Waals surface area (Å²) < 4.78 is 1.10. The molecular formula is C15H24BrN3O. The van der Waals surface area contributed by atoms with Crippen molar-refractivity contribution in [3.05, 3.63) is 34.3 Å². The first-order valence-electron chi connectivity index (χ1n) is 7.26. The fraction of sp³-hybridized carbons (Fsp3) is 0.600. The van der Waals surface area contributed by atoms with E-state index in [9.17, 15) is 0 Å². The topological polar surface area (TPSA) is 52.7 Å². The lowest BCUT2D eigenvalue weighted by Gasteiger charge is -2.34. The quantitative estimate of drug-likeness (QED) is 0.822. The second kappa shape index (κ2) is 8.10. The molecule has 1 heterocycles. The first kappa shape index (κ1) is 15.9. The number of piperazine rings is 1. The Morgan fingerprint density at radius 2 is 1.70 bits per heavy atom. The lowest BCUT2D eigenvalue weighted by molar-refractivity contribution is 0.110. The van der Waals surface area contributed by atoms with Crippen LogP contribution in [0.4, 0.5) is 0 Å². The monoisotopic (exact) mass is 341 g/mol. The van der Waals surface area contributed by atoms with Gasteiger partial charge in [-0.15, -0.1) is 0 Å². The summed E-state index contributed by atoms with van der Waals surface area (Å²) in [6.45, 7) is 6.33. The predicted molar refractivity (Wildman–Crippen MR) is 85.7 cm³/mol. The fourth-order valence-electron chi connectivity index (χ4n) is 2.63. The number of hydrogen-bond acceptors (Lipinski definition) is 4. The molecule has 0 radical (unpaired) electrons. The molecule has 0 saturated carbocycles. The predicted octanol–water partition coefficient (Wildman–Crippen LogP) is 1.45. The molecule has 2 rings (SSSR count). The summed E-state index contributed by atoms with van der Waals surface area (Å²) in [5.41, 5.74) is 7.47. The second-order valence-electron chi connectivity index (χ2n) is 5.32. The van der Waals surface area contributed by atoms with Gasteiger partial charge in [0.15, 0.2) is 0 Å². The number of benzene rings is 1. The third-order valence-corrected chi connectivity index (χ3v) is 4.66. The molecule has 1 unspecified atom stereocenters. The van der Waals surface area contributed by atoms with Crippen molar-refractivity contribution in [1.82, 2.24) is 9.80 Å². The van der Waals surface area contributed by atoms with Crippen LogP contribution in [0.15, 0.2) is 28.7 Å². The van der Waals surface area contributed by atoms with Crippen LogP contribution >= 0.6 is 15.9 Å². The summed E-state index contributed by atoms with van der Waals surface area (Å²) >= 11 is 3.56. The SMILES string of the molecule is NC(CCN1CCN(CCO)CC1)c1ccccc1Br. The van der Waals surface area contributed by atoms with Crippen molar-refractivity contribution in [3.63, 3.8) is 0 Å². The van der Waals surface area contributed by atoms with E-state index < -0.39 is 0 Å². The molecule has 1 aliphatic heterocycles. The third kappa shape index (κ3) is 4.53. The van der Waals surface area contributed by atoms with Crippen LogP contribution in [-0.4, -0.2) is 60.8 Å². The minimum Gasteiger partial charge on any atom is -0.395 e. The average Bonchev–Trinajstić information content (AvgIpc) is 2.47. The molecule has 1 fully saturated rings. The van der Waals surface area contributed by atoms with Crippen LogP contribution in [0.25, 0.3) is 0 Å². The summed E-state index contributed by atoms with van der Waals surface area (Å²) in [5, 5.41) is 8.94. The van der Waals surface area contributed by atoms with Crippen molar-refractivity contribution >= 4 is 15.9 Å². The summed E-state index contributed by atoms with van der Waals surface area (Å²) in [4.78, 5) is 4.77. The van der Waals surface area contributed by atoms with Gasteiger partial charge in [0, 0.05) is 49.8 Å². The Kier molecular flexibility index (Phi) is 6.45. The van der Waals surface area contributed by atoms with Gasteiger partial charge < -0.3 is 15.7 Å². The van der Waals surface area contributed by atoms with E-state index in [2.05, 4.69) is 31.8 Å². The molecule has 0 spiro atoms. The Morgan fingerprint density at radius 3 is 2.30 bits per heavy atom. The number of halogens is 1. The van der Waals surface area contributed by atoms with Crippen molar-refractivity contribution in [2.75, 3.05) is 45.9 Å². The highest BCUT2D eigenvalue weighted by Gasteiger charge is 2.17. The number of nitrogens with two attached hydrogens (primary N) is 1. The van der Waals surface area contributed by atoms with Crippen LogP contribution in [0.1, 0.15) is 18.0 Å². The fourth-order valence-corrected chi connectivity index (χ4v) is 3.21. The molecule has 1 aliphatic rings. The van der Waals surface area contributed by atoms with Gasteiger partial charge in [-0.3, -0.25) is 4.90 Å². The number of aliphatic hydroxyl groups is 1. The van der Waals surface area contributed by atoms with Gasteiger partial charge in [-0.25, -0.2) is 0 Å². The van der Waals surface area contributed by atoms with Gasteiger partial charge >= 0.3 is 0 Å². The number of rotatable bonds is 6. The van der Waals surface area contributed by atoms with Crippen LogP contribution in [0.3, 0.4) is 0 Å². The van der Waals surface area contributed by atoms with E-state index >= 15 is 0 Å². The zero-order chi connectivity index (χ0) is 14.4. The van der Waals surface area contributed by atoms with Gasteiger partial charge in [0.1, 0.15) is 0 Å². The van der Waals surface area contributed by atoms with E-state index in [1.54, 1.807) is 0 Å². The highest BCUT2D eigenvalue weighted by Crippen LogP contribution is 2.23. The highest BCUT2D eigenvalue weighted by molar-refractivity contribution is 9.10. The largest absolute Gasteiger partial charge is 0.395 e. The van der Waals surface area contributed by atoms with Crippen LogP contribution < -0.4 is 5.73 Å². The maximum absolute atomic E-state index is 8.94. The maximum Gasteiger partial charge on any atom is 0.0558 e. The molecule has 112 valence electrons. The molecule has 3 N–H and O–H groups in total. The average molecular weight is 342 g/mol. The molecule has 1 atom stereocenters. The number of β-amino-alcohol motifs (C(OH)–C–C–N with tert-alkyl or cyclic N) is 1. The summed E-state index contributed by atoms with van der Waals surface area (Å²) in [5.74, 6) is 0. The molecule has 0 bridgehead atoms. The summed E-state index contributed by atoms with van der Waals surface area (Å²) in [7, 11) is 0. The van der Waals surface area contributed by atoms with Crippen LogP contribution in [0.5, 0.6) is 0 Å².